The average Bonchev–Trinajstić information content (AvgIpc) is 2.46. The molecule has 2 N–H and O–H groups in total. The number of benzene rings is 1. The number of anilines is 1. The number of fused-ring (bicyclic) bond motifs is 1. The molecule has 1 heterocycles. The molecule has 1 aromatic carbocycles. The van der Waals surface area contributed by atoms with E-state index < -0.39 is 11.6 Å². The number of rotatable bonds is 5. The third-order valence-corrected chi connectivity index (χ3v) is 3.46. The van der Waals surface area contributed by atoms with E-state index in [1.54, 1.807) is 26.0 Å². The molecule has 120 valence electrons. The van der Waals surface area contributed by atoms with Crippen molar-refractivity contribution in [3.63, 3.8) is 0 Å². The summed E-state index contributed by atoms with van der Waals surface area (Å²) in [7, 11) is 1.46. The zero-order valence-electron chi connectivity index (χ0n) is 12.8. The molecule has 0 unspecified atom stereocenters. The molecule has 0 aromatic heterocycles. The number of amides is 1. The van der Waals surface area contributed by atoms with Crippen LogP contribution < -0.4 is 14.4 Å². The van der Waals surface area contributed by atoms with Crippen molar-refractivity contribution in [3.05, 3.63) is 17.7 Å². The Kier molecular flexibility index (Phi) is 4.27. The fourth-order valence-electron chi connectivity index (χ4n) is 2.35. The van der Waals surface area contributed by atoms with Gasteiger partial charge in [-0.15, -0.1) is 0 Å². The van der Waals surface area contributed by atoms with E-state index in [1.165, 1.54) is 12.0 Å². The van der Waals surface area contributed by atoms with Crippen molar-refractivity contribution in [1.29, 1.82) is 0 Å². The van der Waals surface area contributed by atoms with E-state index in [4.69, 9.17) is 14.6 Å². The van der Waals surface area contributed by atoms with Crippen LogP contribution in [0.25, 0.3) is 0 Å². The first kappa shape index (κ1) is 16.1. The smallest absolute Gasteiger partial charge is 0.305 e. The molecule has 0 spiro atoms. The van der Waals surface area contributed by atoms with Crippen LogP contribution in [-0.2, 0) is 16.2 Å². The number of methoxy groups -OCH3 is 1. The number of hydrogen-bond acceptors (Lipinski definition) is 5. The highest BCUT2D eigenvalue weighted by Crippen LogP contribution is 2.45. The Bertz CT molecular complexity index is 610. The summed E-state index contributed by atoms with van der Waals surface area (Å²) in [5, 5.41) is 18.2. The van der Waals surface area contributed by atoms with Gasteiger partial charge in [-0.05, 0) is 31.5 Å². The molecule has 0 aliphatic carbocycles. The Morgan fingerprint density at radius 3 is 2.64 bits per heavy atom. The summed E-state index contributed by atoms with van der Waals surface area (Å²) in [5.41, 5.74) is -0.166. The third-order valence-electron chi connectivity index (χ3n) is 3.46. The number of nitrogens with zero attached hydrogens (tertiary/aromatic N) is 1. The maximum absolute atomic E-state index is 12.5. The lowest BCUT2D eigenvalue weighted by Gasteiger charge is -2.39. The maximum atomic E-state index is 12.5. The second-order valence-electron chi connectivity index (χ2n) is 5.52. The monoisotopic (exact) mass is 309 g/mol. The first-order valence-corrected chi connectivity index (χ1v) is 6.84. The van der Waals surface area contributed by atoms with Crippen LogP contribution in [0.4, 0.5) is 5.69 Å². The van der Waals surface area contributed by atoms with Crippen molar-refractivity contribution in [2.75, 3.05) is 18.6 Å². The van der Waals surface area contributed by atoms with Crippen molar-refractivity contribution in [2.45, 2.75) is 32.5 Å². The van der Waals surface area contributed by atoms with E-state index >= 15 is 0 Å². The number of carbonyl (C=O) groups excluding carboxylic acids is 1. The molecule has 0 radical (unpaired) electrons. The van der Waals surface area contributed by atoms with Gasteiger partial charge in [-0.2, -0.15) is 0 Å². The van der Waals surface area contributed by atoms with Gasteiger partial charge in [0, 0.05) is 6.54 Å². The predicted molar refractivity (Wildman–Crippen MR) is 78.2 cm³/mol. The summed E-state index contributed by atoms with van der Waals surface area (Å²) < 4.78 is 11.0. The lowest BCUT2D eigenvalue weighted by Crippen LogP contribution is -2.53. The lowest BCUT2D eigenvalue weighted by molar-refractivity contribution is -0.137. The SMILES string of the molecule is COc1cc(CO)cc2c1OC(C)(C)C(=O)N2CCC(=O)O. The van der Waals surface area contributed by atoms with Crippen molar-refractivity contribution in [1.82, 2.24) is 0 Å². The van der Waals surface area contributed by atoms with Gasteiger partial charge in [0.2, 0.25) is 0 Å². The van der Waals surface area contributed by atoms with Crippen LogP contribution in [0.5, 0.6) is 11.5 Å². The quantitative estimate of drug-likeness (QED) is 0.847. The topological polar surface area (TPSA) is 96.3 Å². The molecule has 22 heavy (non-hydrogen) atoms. The van der Waals surface area contributed by atoms with E-state index in [2.05, 4.69) is 0 Å². The van der Waals surface area contributed by atoms with Crippen LogP contribution in [0.2, 0.25) is 0 Å². The van der Waals surface area contributed by atoms with Crippen LogP contribution in [0.1, 0.15) is 25.8 Å². The minimum absolute atomic E-state index is 0.0198. The normalized spacial score (nSPS) is 16.0. The third kappa shape index (κ3) is 2.85. The van der Waals surface area contributed by atoms with Crippen LogP contribution in [0, 0.1) is 0 Å². The van der Waals surface area contributed by atoms with E-state index in [9.17, 15) is 14.7 Å². The molecule has 0 bridgehead atoms. The van der Waals surface area contributed by atoms with Gasteiger partial charge in [0.25, 0.3) is 5.91 Å². The number of hydrogen-bond donors (Lipinski definition) is 2. The Morgan fingerprint density at radius 2 is 2.09 bits per heavy atom. The highest BCUT2D eigenvalue weighted by molar-refractivity contribution is 6.03. The molecule has 0 atom stereocenters. The van der Waals surface area contributed by atoms with Crippen LogP contribution in [0.15, 0.2) is 12.1 Å². The standard InChI is InChI=1S/C15H19NO6/c1-15(2)14(20)16(5-4-12(18)19)10-6-9(8-17)7-11(21-3)13(10)22-15/h6-7,17H,4-5,8H2,1-3H3,(H,18,19). The van der Waals surface area contributed by atoms with Crippen LogP contribution in [-0.4, -0.2) is 41.3 Å². The van der Waals surface area contributed by atoms with Gasteiger partial charge in [-0.25, -0.2) is 0 Å². The van der Waals surface area contributed by atoms with Gasteiger partial charge in [0.05, 0.1) is 25.8 Å². The Balaban J connectivity index is 2.55. The fraction of sp³-hybridized carbons (Fsp3) is 0.467. The summed E-state index contributed by atoms with van der Waals surface area (Å²) in [6.07, 6.45) is -0.188. The molecule has 0 saturated heterocycles. The van der Waals surface area contributed by atoms with Gasteiger partial charge in [0.15, 0.2) is 17.1 Å². The van der Waals surface area contributed by atoms with Gasteiger partial charge in [0.1, 0.15) is 0 Å². The maximum Gasteiger partial charge on any atom is 0.305 e. The summed E-state index contributed by atoms with van der Waals surface area (Å²) in [6, 6.07) is 3.23. The van der Waals surface area contributed by atoms with Gasteiger partial charge < -0.3 is 24.6 Å². The molecule has 7 heteroatoms. The number of aliphatic hydroxyl groups excluding tert-OH is 1. The van der Waals surface area contributed by atoms with Crippen LogP contribution in [0.3, 0.4) is 0 Å². The lowest BCUT2D eigenvalue weighted by atomic mass is 10.0. The largest absolute Gasteiger partial charge is 0.493 e. The predicted octanol–water partition coefficient (Wildman–Crippen LogP) is 1.17. The van der Waals surface area contributed by atoms with E-state index in [0.29, 0.717) is 22.7 Å². The van der Waals surface area contributed by atoms with Gasteiger partial charge >= 0.3 is 5.97 Å². The summed E-state index contributed by atoms with van der Waals surface area (Å²) >= 11 is 0. The number of carboxylic acid groups (broad SMARTS) is 1. The van der Waals surface area contributed by atoms with Crippen molar-refractivity contribution < 1.29 is 29.3 Å². The molecule has 1 amide bonds. The van der Waals surface area contributed by atoms with Crippen LogP contribution >= 0.6 is 0 Å². The number of ether oxygens (including phenoxy) is 2. The summed E-state index contributed by atoms with van der Waals surface area (Å²) in [4.78, 5) is 24.7. The van der Waals surface area contributed by atoms with Crippen molar-refractivity contribution in [3.8, 4) is 11.5 Å². The van der Waals surface area contributed by atoms with E-state index in [1.807, 2.05) is 0 Å². The Morgan fingerprint density at radius 1 is 1.41 bits per heavy atom. The molecule has 7 nitrogen and oxygen atoms in total. The number of aliphatic hydroxyl groups is 1. The molecule has 1 aromatic rings. The van der Waals surface area contributed by atoms with Crippen molar-refractivity contribution >= 4 is 17.6 Å². The first-order valence-electron chi connectivity index (χ1n) is 6.84. The Hall–Kier alpha value is -2.28. The van der Waals surface area contributed by atoms with E-state index in [-0.39, 0.29) is 25.5 Å². The Labute approximate surface area is 128 Å². The second kappa shape index (κ2) is 5.84. The zero-order valence-corrected chi connectivity index (χ0v) is 12.8. The minimum atomic E-state index is -1.13. The van der Waals surface area contributed by atoms with Crippen molar-refractivity contribution in [2.24, 2.45) is 0 Å². The molecular weight excluding hydrogens is 290 g/mol. The fourth-order valence-corrected chi connectivity index (χ4v) is 2.35. The van der Waals surface area contributed by atoms with Gasteiger partial charge in [-0.3, -0.25) is 9.59 Å². The summed E-state index contributed by atoms with van der Waals surface area (Å²) in [5.74, 6) is -0.570. The second-order valence-corrected chi connectivity index (χ2v) is 5.52. The molecule has 0 saturated carbocycles. The highest BCUT2D eigenvalue weighted by Gasteiger charge is 2.42. The molecule has 1 aliphatic heterocycles. The minimum Gasteiger partial charge on any atom is -0.493 e. The number of aliphatic carboxylic acids is 1. The number of carboxylic acids is 1. The highest BCUT2D eigenvalue weighted by atomic mass is 16.5. The van der Waals surface area contributed by atoms with Gasteiger partial charge in [-0.1, -0.05) is 0 Å². The number of carbonyl (C=O) groups is 2. The molecule has 2 rings (SSSR count). The van der Waals surface area contributed by atoms with E-state index in [0.717, 1.165) is 0 Å². The molecular formula is C15H19NO6. The first-order chi connectivity index (χ1) is 10.3. The average molecular weight is 309 g/mol. The summed E-state index contributed by atoms with van der Waals surface area (Å²) in [6.45, 7) is 3.02. The zero-order chi connectivity index (χ0) is 16.5. The molecule has 0 fully saturated rings. The molecule has 1 aliphatic rings.